The molecule has 0 spiro atoms. The fourth-order valence-corrected chi connectivity index (χ4v) is 10.9. The smallest absolute Gasteiger partial charge is 0.0594 e. The Bertz CT molecular complexity index is 336. The average molecular weight is 512 g/mol. The van der Waals surface area contributed by atoms with Gasteiger partial charge in [-0.15, -0.1) is 0 Å². The van der Waals surface area contributed by atoms with Gasteiger partial charge in [-0.3, -0.25) is 0 Å². The predicted octanol–water partition coefficient (Wildman–Crippen LogP) is 13.2. The molecule has 212 valence electrons. The highest BCUT2D eigenvalue weighted by atomic mass is 31.2. The molecule has 0 heterocycles. The van der Waals surface area contributed by atoms with Crippen LogP contribution in [0.15, 0.2) is 0 Å². The second kappa shape index (κ2) is 29.0. The number of hydrogen-bond acceptors (Lipinski definition) is 0. The monoisotopic (exact) mass is 512 g/mol. The first kappa shape index (κ1) is 35.4. The molecular weight excluding hydrogens is 439 g/mol. The van der Waals surface area contributed by atoms with Crippen molar-refractivity contribution in [2.75, 3.05) is 24.6 Å². The molecule has 0 aromatic heterocycles. The summed E-state index contributed by atoms with van der Waals surface area (Å²) in [4.78, 5) is 0. The van der Waals surface area contributed by atoms with Gasteiger partial charge in [0.25, 0.3) is 0 Å². The summed E-state index contributed by atoms with van der Waals surface area (Å²) in [5.41, 5.74) is 0. The van der Waals surface area contributed by atoms with Crippen molar-refractivity contribution >= 4 is 7.26 Å². The van der Waals surface area contributed by atoms with E-state index in [1.54, 1.807) is 50.3 Å². The van der Waals surface area contributed by atoms with Gasteiger partial charge < -0.3 is 0 Å². The lowest BCUT2D eigenvalue weighted by atomic mass is 10.1. The SMILES string of the molecule is CCCCCCCCCC[P+](CCCCCCCC)(CCCCCCCC)CCCCCCCC. The number of unbranched alkanes of at least 4 members (excludes halogenated alkanes) is 22. The molecule has 0 fully saturated rings. The first-order valence-corrected chi connectivity index (χ1v) is 19.6. The van der Waals surface area contributed by atoms with Gasteiger partial charge in [-0.05, 0) is 51.4 Å². The minimum absolute atomic E-state index is 0.729. The van der Waals surface area contributed by atoms with E-state index in [0.29, 0.717) is 0 Å². The van der Waals surface area contributed by atoms with Crippen LogP contribution >= 0.6 is 7.26 Å². The fraction of sp³-hybridized carbons (Fsp3) is 1.00. The molecule has 0 N–H and O–H groups in total. The van der Waals surface area contributed by atoms with Crippen molar-refractivity contribution in [3.63, 3.8) is 0 Å². The molecular formula is C34H72P+. The van der Waals surface area contributed by atoms with Gasteiger partial charge in [-0.1, -0.05) is 143 Å². The molecule has 0 amide bonds. The van der Waals surface area contributed by atoms with E-state index in [0.717, 1.165) is 0 Å². The summed E-state index contributed by atoms with van der Waals surface area (Å²) in [5, 5.41) is 0. The highest BCUT2D eigenvalue weighted by Gasteiger charge is 2.34. The van der Waals surface area contributed by atoms with Gasteiger partial charge in [0, 0.05) is 7.26 Å². The highest BCUT2D eigenvalue weighted by Crippen LogP contribution is 2.61. The second-order valence-electron chi connectivity index (χ2n) is 12.0. The van der Waals surface area contributed by atoms with E-state index in [-0.39, 0.29) is 0 Å². The van der Waals surface area contributed by atoms with E-state index >= 15 is 0 Å². The number of hydrogen-bond donors (Lipinski definition) is 0. The molecule has 0 saturated heterocycles. The van der Waals surface area contributed by atoms with E-state index in [9.17, 15) is 0 Å². The van der Waals surface area contributed by atoms with Crippen molar-refractivity contribution in [2.24, 2.45) is 0 Å². The average Bonchev–Trinajstić information content (AvgIpc) is 2.87. The molecule has 0 atom stereocenters. The van der Waals surface area contributed by atoms with Gasteiger partial charge in [-0.25, -0.2) is 0 Å². The molecule has 0 aliphatic heterocycles. The van der Waals surface area contributed by atoms with Crippen molar-refractivity contribution in [1.29, 1.82) is 0 Å². The number of rotatable bonds is 30. The van der Waals surface area contributed by atoms with Crippen LogP contribution in [0.3, 0.4) is 0 Å². The molecule has 0 aromatic rings. The Hall–Kier alpha value is 0.430. The van der Waals surface area contributed by atoms with Crippen LogP contribution in [0, 0.1) is 0 Å². The largest absolute Gasteiger partial charge is 0.0654 e. The lowest BCUT2D eigenvalue weighted by molar-refractivity contribution is 0.584. The standard InChI is InChI=1S/C34H72P/c1-5-9-13-17-21-22-26-30-34-35(31-27-23-18-14-10-6-2,32-28-24-19-15-11-7-3)33-29-25-20-16-12-8-4/h5-34H2,1-4H3/q+1. The van der Waals surface area contributed by atoms with Gasteiger partial charge in [0.1, 0.15) is 0 Å². The Labute approximate surface area is 226 Å². The van der Waals surface area contributed by atoms with Crippen LogP contribution in [0.25, 0.3) is 0 Å². The summed E-state index contributed by atoms with van der Waals surface area (Å²) in [6.07, 6.45) is 45.2. The van der Waals surface area contributed by atoms with Gasteiger partial charge in [0.05, 0.1) is 24.6 Å². The molecule has 0 rings (SSSR count). The molecule has 0 saturated carbocycles. The van der Waals surface area contributed by atoms with Crippen molar-refractivity contribution < 1.29 is 0 Å². The summed E-state index contributed by atoms with van der Waals surface area (Å²) in [5.74, 6) is 0. The van der Waals surface area contributed by atoms with Crippen molar-refractivity contribution in [1.82, 2.24) is 0 Å². The van der Waals surface area contributed by atoms with Crippen LogP contribution in [0.4, 0.5) is 0 Å². The molecule has 0 nitrogen and oxygen atoms in total. The minimum Gasteiger partial charge on any atom is -0.0654 e. The summed E-state index contributed by atoms with van der Waals surface area (Å²) >= 11 is 0. The Kier molecular flexibility index (Phi) is 29.3. The predicted molar refractivity (Wildman–Crippen MR) is 169 cm³/mol. The molecule has 0 aromatic carbocycles. The molecule has 0 unspecified atom stereocenters. The Morgan fingerprint density at radius 3 is 0.600 bits per heavy atom. The first-order chi connectivity index (χ1) is 17.2. The van der Waals surface area contributed by atoms with Crippen molar-refractivity contribution in [3.8, 4) is 0 Å². The fourth-order valence-electron chi connectivity index (χ4n) is 5.93. The van der Waals surface area contributed by atoms with Crippen LogP contribution in [-0.4, -0.2) is 24.6 Å². The summed E-state index contributed by atoms with van der Waals surface area (Å²) < 4.78 is 0. The van der Waals surface area contributed by atoms with Crippen LogP contribution in [0.2, 0.25) is 0 Å². The van der Waals surface area contributed by atoms with Crippen LogP contribution in [0.5, 0.6) is 0 Å². The summed E-state index contributed by atoms with van der Waals surface area (Å²) in [6.45, 7) is 9.38. The van der Waals surface area contributed by atoms with Crippen molar-refractivity contribution in [3.05, 3.63) is 0 Å². The second-order valence-corrected chi connectivity index (χ2v) is 16.5. The topological polar surface area (TPSA) is 0 Å². The summed E-state index contributed by atoms with van der Waals surface area (Å²) in [6, 6.07) is 0. The quantitative estimate of drug-likeness (QED) is 0.0664. The lowest BCUT2D eigenvalue weighted by Crippen LogP contribution is -2.13. The lowest BCUT2D eigenvalue weighted by Gasteiger charge is -2.28. The van der Waals surface area contributed by atoms with Gasteiger partial charge >= 0.3 is 0 Å². The van der Waals surface area contributed by atoms with E-state index in [2.05, 4.69) is 27.7 Å². The van der Waals surface area contributed by atoms with Crippen molar-refractivity contribution in [2.45, 2.75) is 195 Å². The Morgan fingerprint density at radius 2 is 0.400 bits per heavy atom. The van der Waals surface area contributed by atoms with E-state index in [4.69, 9.17) is 0 Å². The molecule has 0 bridgehead atoms. The Balaban J connectivity index is 4.74. The third kappa shape index (κ3) is 24.5. The zero-order valence-corrected chi connectivity index (χ0v) is 26.6. The van der Waals surface area contributed by atoms with E-state index in [1.807, 2.05) is 0 Å². The maximum atomic E-state index is 2.35. The maximum Gasteiger partial charge on any atom is 0.0594 e. The van der Waals surface area contributed by atoms with Crippen LogP contribution in [-0.2, 0) is 0 Å². The third-order valence-electron chi connectivity index (χ3n) is 8.44. The zero-order chi connectivity index (χ0) is 25.7. The van der Waals surface area contributed by atoms with Gasteiger partial charge in [-0.2, -0.15) is 0 Å². The van der Waals surface area contributed by atoms with E-state index < -0.39 is 7.26 Å². The highest BCUT2D eigenvalue weighted by molar-refractivity contribution is 7.75. The molecule has 1 heteroatoms. The normalized spacial score (nSPS) is 12.0. The zero-order valence-electron chi connectivity index (χ0n) is 25.7. The molecule has 0 aliphatic carbocycles. The first-order valence-electron chi connectivity index (χ1n) is 17.1. The third-order valence-corrected chi connectivity index (χ3v) is 13.5. The van der Waals surface area contributed by atoms with Crippen LogP contribution in [0.1, 0.15) is 195 Å². The molecule has 35 heavy (non-hydrogen) atoms. The molecule has 0 aliphatic rings. The maximum absolute atomic E-state index is 2.35. The van der Waals surface area contributed by atoms with Crippen LogP contribution < -0.4 is 0 Å². The molecule has 0 radical (unpaired) electrons. The minimum atomic E-state index is -0.729. The van der Waals surface area contributed by atoms with Gasteiger partial charge in [0.2, 0.25) is 0 Å². The van der Waals surface area contributed by atoms with Gasteiger partial charge in [0.15, 0.2) is 0 Å². The summed E-state index contributed by atoms with van der Waals surface area (Å²) in [7, 11) is -0.729. The van der Waals surface area contributed by atoms with E-state index in [1.165, 1.54) is 141 Å². The Morgan fingerprint density at radius 1 is 0.229 bits per heavy atom.